The van der Waals surface area contributed by atoms with Crippen molar-refractivity contribution in [3.05, 3.63) is 66.2 Å². The number of nitrogens with one attached hydrogen (secondary N) is 1. The molecule has 4 atom stereocenters. The summed E-state index contributed by atoms with van der Waals surface area (Å²) in [5.74, 6) is 1.72. The van der Waals surface area contributed by atoms with Gasteiger partial charge in [-0.15, -0.1) is 0 Å². The van der Waals surface area contributed by atoms with Crippen LogP contribution < -0.4 is 10.4 Å². The number of hydrogen-bond donors (Lipinski definition) is 1. The summed E-state index contributed by atoms with van der Waals surface area (Å²) in [7, 11) is -2.71. The van der Waals surface area contributed by atoms with E-state index in [4.69, 9.17) is 0 Å². The van der Waals surface area contributed by atoms with Gasteiger partial charge in [0.25, 0.3) is 0 Å². The molecule has 2 aromatic rings. The molecular weight excluding hydrogens is 337 g/mol. The largest absolute Gasteiger partial charge is 0.301 e. The van der Waals surface area contributed by atoms with Crippen LogP contribution in [0.15, 0.2) is 60.7 Å². The van der Waals surface area contributed by atoms with Crippen molar-refractivity contribution in [2.45, 2.75) is 52.2 Å². The van der Waals surface area contributed by atoms with E-state index in [0.29, 0.717) is 24.3 Å². The molecule has 2 nitrogen and oxygen atoms in total. The zero-order chi connectivity index (χ0) is 18.6. The Bertz CT molecular complexity index is 728. The molecule has 0 radical (unpaired) electrons. The summed E-state index contributed by atoms with van der Waals surface area (Å²) in [6.45, 7) is 7.55. The van der Waals surface area contributed by atoms with Crippen molar-refractivity contribution in [3.63, 3.8) is 0 Å². The molecule has 0 bridgehead atoms. The quantitative estimate of drug-likeness (QED) is 0.648. The van der Waals surface area contributed by atoms with Crippen LogP contribution in [0, 0.1) is 17.8 Å². The minimum absolute atomic E-state index is 0.220. The molecule has 3 heteroatoms. The molecule has 1 N–H and O–H groups in total. The van der Waals surface area contributed by atoms with E-state index >= 15 is 0 Å². The second kappa shape index (κ2) is 8.55. The van der Waals surface area contributed by atoms with Crippen LogP contribution in [0.3, 0.4) is 0 Å². The summed E-state index contributed by atoms with van der Waals surface area (Å²) >= 11 is 0. The Hall–Kier alpha value is -1.37. The minimum Gasteiger partial charge on any atom is -0.301 e. The van der Waals surface area contributed by atoms with E-state index in [1.54, 1.807) is 0 Å². The van der Waals surface area contributed by atoms with Crippen molar-refractivity contribution in [2.75, 3.05) is 0 Å². The summed E-state index contributed by atoms with van der Waals surface area (Å²) in [5, 5.41) is 4.55. The fourth-order valence-corrected chi connectivity index (χ4v) is 7.95. The second-order valence-corrected chi connectivity index (χ2v) is 11.0. The Morgan fingerprint density at radius 1 is 1.00 bits per heavy atom. The van der Waals surface area contributed by atoms with Crippen molar-refractivity contribution in [3.8, 4) is 0 Å². The van der Waals surface area contributed by atoms with Gasteiger partial charge in [0.1, 0.15) is 0 Å². The van der Waals surface area contributed by atoms with Gasteiger partial charge in [-0.25, -0.2) is 0 Å². The van der Waals surface area contributed by atoms with Gasteiger partial charge in [-0.1, -0.05) is 87.9 Å². The van der Waals surface area contributed by atoms with Crippen LogP contribution in [0.5, 0.6) is 0 Å². The second-order valence-electron chi connectivity index (χ2n) is 8.21. The Kier molecular flexibility index (Phi) is 6.37. The Labute approximate surface area is 158 Å². The molecule has 0 aromatic heterocycles. The van der Waals surface area contributed by atoms with Crippen molar-refractivity contribution in [1.82, 2.24) is 5.09 Å². The zero-order valence-electron chi connectivity index (χ0n) is 16.3. The van der Waals surface area contributed by atoms with E-state index in [-0.39, 0.29) is 5.66 Å². The number of rotatable bonds is 6. The highest BCUT2D eigenvalue weighted by molar-refractivity contribution is 7.70. The van der Waals surface area contributed by atoms with Gasteiger partial charge >= 0.3 is 0 Å². The first kappa shape index (κ1) is 19.4. The lowest BCUT2D eigenvalue weighted by Crippen LogP contribution is -2.39. The van der Waals surface area contributed by atoms with E-state index in [1.807, 2.05) is 36.4 Å². The fourth-order valence-electron chi connectivity index (χ4n) is 4.42. The SMILES string of the molecule is CC1CCC(C(C)C)C(P(=O)(NCc2ccccc2)c2ccccc2)C1. The van der Waals surface area contributed by atoms with Crippen LogP contribution >= 0.6 is 7.29 Å². The third kappa shape index (κ3) is 4.30. The Balaban J connectivity index is 1.95. The van der Waals surface area contributed by atoms with E-state index in [9.17, 15) is 4.57 Å². The van der Waals surface area contributed by atoms with E-state index in [2.05, 4.69) is 50.1 Å². The molecule has 3 rings (SSSR count). The smallest absolute Gasteiger partial charge is 0.179 e. The van der Waals surface area contributed by atoms with Gasteiger partial charge in [0.2, 0.25) is 0 Å². The molecule has 1 fully saturated rings. The third-order valence-electron chi connectivity index (χ3n) is 5.95. The first-order chi connectivity index (χ1) is 12.5. The maximum absolute atomic E-state index is 14.5. The molecule has 0 heterocycles. The molecule has 1 aliphatic carbocycles. The lowest BCUT2D eigenvalue weighted by molar-refractivity contribution is 0.236. The van der Waals surface area contributed by atoms with Crippen LogP contribution in [0.2, 0.25) is 0 Å². The molecule has 0 amide bonds. The number of hydrogen-bond acceptors (Lipinski definition) is 1. The Morgan fingerprint density at radius 3 is 2.23 bits per heavy atom. The summed E-state index contributed by atoms with van der Waals surface area (Å²) in [6, 6.07) is 20.5. The van der Waals surface area contributed by atoms with Gasteiger partial charge in [0.15, 0.2) is 7.29 Å². The molecule has 1 saturated carbocycles. The lowest BCUT2D eigenvalue weighted by atomic mass is 9.77. The summed E-state index contributed by atoms with van der Waals surface area (Å²) in [5.41, 5.74) is 1.41. The van der Waals surface area contributed by atoms with E-state index in [0.717, 1.165) is 11.7 Å². The highest BCUT2D eigenvalue weighted by Gasteiger charge is 2.43. The van der Waals surface area contributed by atoms with Gasteiger partial charge in [-0.05, 0) is 36.2 Å². The molecule has 4 unspecified atom stereocenters. The monoisotopic (exact) mass is 369 g/mol. The van der Waals surface area contributed by atoms with Crippen LogP contribution in [-0.4, -0.2) is 5.66 Å². The van der Waals surface area contributed by atoms with Crippen molar-refractivity contribution >= 4 is 12.6 Å². The average Bonchev–Trinajstić information content (AvgIpc) is 2.67. The lowest BCUT2D eigenvalue weighted by Gasteiger charge is -2.42. The maximum Gasteiger partial charge on any atom is 0.179 e. The Morgan fingerprint density at radius 2 is 1.62 bits per heavy atom. The highest BCUT2D eigenvalue weighted by Crippen LogP contribution is 2.56. The van der Waals surface area contributed by atoms with E-state index < -0.39 is 7.29 Å². The summed E-state index contributed by atoms with van der Waals surface area (Å²) < 4.78 is 14.5. The van der Waals surface area contributed by atoms with E-state index in [1.165, 1.54) is 18.4 Å². The van der Waals surface area contributed by atoms with Crippen molar-refractivity contribution in [1.29, 1.82) is 0 Å². The maximum atomic E-state index is 14.5. The number of benzene rings is 2. The van der Waals surface area contributed by atoms with Crippen LogP contribution in [0.4, 0.5) is 0 Å². The van der Waals surface area contributed by atoms with Gasteiger partial charge in [-0.2, -0.15) is 0 Å². The molecule has 1 aliphatic rings. The van der Waals surface area contributed by atoms with Crippen molar-refractivity contribution in [2.24, 2.45) is 17.8 Å². The standard InChI is InChI=1S/C23H32NOP/c1-18(2)22-15-14-19(3)16-23(22)26(25,21-12-8-5-9-13-21)24-17-20-10-6-4-7-11-20/h4-13,18-19,22-23H,14-17H2,1-3H3,(H,24,25). The predicted molar refractivity (Wildman–Crippen MR) is 112 cm³/mol. The molecule has 0 aliphatic heterocycles. The molecule has 140 valence electrons. The first-order valence-electron chi connectivity index (χ1n) is 9.95. The zero-order valence-corrected chi connectivity index (χ0v) is 17.2. The van der Waals surface area contributed by atoms with Gasteiger partial charge < -0.3 is 4.57 Å². The average molecular weight is 369 g/mol. The summed E-state index contributed by atoms with van der Waals surface area (Å²) in [6.07, 6.45) is 3.50. The summed E-state index contributed by atoms with van der Waals surface area (Å²) in [4.78, 5) is 0. The topological polar surface area (TPSA) is 29.1 Å². The van der Waals surface area contributed by atoms with Gasteiger partial charge in [0, 0.05) is 17.5 Å². The first-order valence-corrected chi connectivity index (χ1v) is 11.7. The van der Waals surface area contributed by atoms with Gasteiger partial charge in [-0.3, -0.25) is 5.09 Å². The molecular formula is C23H32NOP. The third-order valence-corrected chi connectivity index (χ3v) is 9.18. The molecule has 26 heavy (non-hydrogen) atoms. The van der Waals surface area contributed by atoms with Crippen LogP contribution in [0.1, 0.15) is 45.6 Å². The highest BCUT2D eigenvalue weighted by atomic mass is 31.2. The predicted octanol–water partition coefficient (Wildman–Crippen LogP) is 5.84. The van der Waals surface area contributed by atoms with Crippen LogP contribution in [-0.2, 0) is 11.1 Å². The molecule has 2 aromatic carbocycles. The minimum atomic E-state index is -2.71. The van der Waals surface area contributed by atoms with Gasteiger partial charge in [0.05, 0.1) is 0 Å². The fraction of sp³-hybridized carbons (Fsp3) is 0.478. The molecule has 0 saturated heterocycles. The molecule has 0 spiro atoms. The normalized spacial score (nSPS) is 25.8. The van der Waals surface area contributed by atoms with Crippen molar-refractivity contribution < 1.29 is 4.57 Å². The van der Waals surface area contributed by atoms with Crippen LogP contribution in [0.25, 0.3) is 0 Å².